The fourth-order valence-corrected chi connectivity index (χ4v) is 4.59. The van der Waals surface area contributed by atoms with Crippen molar-refractivity contribution in [1.82, 2.24) is 30.9 Å². The number of carbonyl (C=O) groups is 4. The number of aromatic amines is 2. The van der Waals surface area contributed by atoms with Crippen LogP contribution in [0.1, 0.15) is 17.7 Å². The number of rotatable bonds is 15. The summed E-state index contributed by atoms with van der Waals surface area (Å²) >= 11 is 5.51. The van der Waals surface area contributed by atoms with Gasteiger partial charge in [-0.15, -0.1) is 0 Å². The lowest BCUT2D eigenvalue weighted by atomic mass is 10.0. The number of nitrogens with two attached hydrogens (primary N) is 1. The van der Waals surface area contributed by atoms with Crippen molar-refractivity contribution in [2.75, 3.05) is 17.8 Å². The van der Waals surface area contributed by atoms with Crippen molar-refractivity contribution in [2.45, 2.75) is 43.4 Å². The molecular formula is C25H33N7O5S2. The number of carbonyl (C=O) groups excluding carboxylic acids is 3. The van der Waals surface area contributed by atoms with Crippen LogP contribution in [-0.4, -0.2) is 85.7 Å². The molecule has 0 aliphatic rings. The maximum atomic E-state index is 13.3. The SMILES string of the molecule is CSCCC(NC(=O)C(Cc1cnc[nH]1)NC(=O)C(N)CS)C(=O)NC(Cc1c[nH]c2ccccc12)C(=O)O. The molecule has 3 rings (SSSR count). The van der Waals surface area contributed by atoms with Crippen LogP contribution < -0.4 is 21.7 Å². The summed E-state index contributed by atoms with van der Waals surface area (Å²) in [7, 11) is 0. The zero-order valence-electron chi connectivity index (χ0n) is 21.3. The van der Waals surface area contributed by atoms with Gasteiger partial charge in [0.2, 0.25) is 17.7 Å². The predicted octanol–water partition coefficient (Wildman–Crippen LogP) is 0.225. The van der Waals surface area contributed by atoms with Gasteiger partial charge in [-0.1, -0.05) is 18.2 Å². The van der Waals surface area contributed by atoms with E-state index in [2.05, 4.69) is 43.5 Å². The number of fused-ring (bicyclic) bond motifs is 1. The zero-order valence-corrected chi connectivity index (χ0v) is 23.1. The number of para-hydroxylation sites is 1. The first-order chi connectivity index (χ1) is 18.7. The van der Waals surface area contributed by atoms with Crippen LogP contribution in [0.4, 0.5) is 0 Å². The highest BCUT2D eigenvalue weighted by Crippen LogP contribution is 2.19. The van der Waals surface area contributed by atoms with Crippen LogP contribution >= 0.6 is 24.4 Å². The van der Waals surface area contributed by atoms with Gasteiger partial charge in [-0.05, 0) is 30.1 Å². The first-order valence-electron chi connectivity index (χ1n) is 12.2. The molecule has 4 unspecified atom stereocenters. The predicted molar refractivity (Wildman–Crippen MR) is 153 cm³/mol. The molecule has 0 fully saturated rings. The second-order valence-electron chi connectivity index (χ2n) is 8.94. The molecule has 4 atom stereocenters. The van der Waals surface area contributed by atoms with Crippen molar-refractivity contribution in [3.63, 3.8) is 0 Å². The van der Waals surface area contributed by atoms with Crippen molar-refractivity contribution in [1.29, 1.82) is 0 Å². The van der Waals surface area contributed by atoms with Gasteiger partial charge in [-0.3, -0.25) is 14.4 Å². The van der Waals surface area contributed by atoms with E-state index in [1.165, 1.54) is 24.3 Å². The van der Waals surface area contributed by atoms with Crippen molar-refractivity contribution in [3.8, 4) is 0 Å². The molecule has 0 aliphatic carbocycles. The lowest BCUT2D eigenvalue weighted by Gasteiger charge is -2.25. The van der Waals surface area contributed by atoms with E-state index in [-0.39, 0.29) is 25.0 Å². The molecule has 2 aromatic heterocycles. The van der Waals surface area contributed by atoms with Crippen LogP contribution in [0.3, 0.4) is 0 Å². The standard InChI is InChI=1S/C25H33N7O5S2/c1-39-7-6-19(30-24(35)20(9-15-11-27-13-29-15)31-22(33)17(26)12-38)23(34)32-21(25(36)37)8-14-10-28-18-5-3-2-4-16(14)18/h2-5,10-11,13,17,19-21,28,38H,6-9,12,26H2,1H3,(H,27,29)(H,30,35)(H,31,33)(H,32,34)(H,36,37). The lowest BCUT2D eigenvalue weighted by molar-refractivity contribution is -0.142. The van der Waals surface area contributed by atoms with Crippen molar-refractivity contribution in [2.24, 2.45) is 5.73 Å². The van der Waals surface area contributed by atoms with E-state index in [4.69, 9.17) is 5.73 Å². The second kappa shape index (κ2) is 14.6. The molecule has 0 bridgehead atoms. The maximum Gasteiger partial charge on any atom is 0.326 e. The number of aromatic nitrogens is 3. The van der Waals surface area contributed by atoms with E-state index >= 15 is 0 Å². The van der Waals surface area contributed by atoms with Crippen LogP contribution in [0.2, 0.25) is 0 Å². The third-order valence-corrected chi connectivity index (χ3v) is 7.14. The average Bonchev–Trinajstić information content (AvgIpc) is 3.59. The number of imidazole rings is 1. The highest BCUT2D eigenvalue weighted by Gasteiger charge is 2.31. The van der Waals surface area contributed by atoms with Gasteiger partial charge in [0.25, 0.3) is 0 Å². The van der Waals surface area contributed by atoms with E-state index in [0.29, 0.717) is 11.4 Å². The van der Waals surface area contributed by atoms with Crippen LogP contribution in [0.5, 0.6) is 0 Å². The van der Waals surface area contributed by atoms with Gasteiger partial charge in [-0.25, -0.2) is 9.78 Å². The van der Waals surface area contributed by atoms with Gasteiger partial charge in [0, 0.05) is 47.6 Å². The normalized spacial score (nSPS) is 14.2. The third-order valence-electron chi connectivity index (χ3n) is 6.10. The first kappa shape index (κ1) is 30.1. The molecule has 0 aliphatic heterocycles. The average molecular weight is 576 g/mol. The first-order valence-corrected chi connectivity index (χ1v) is 14.3. The Balaban J connectivity index is 1.75. The van der Waals surface area contributed by atoms with Gasteiger partial charge in [0.15, 0.2) is 0 Å². The molecular weight excluding hydrogens is 542 g/mol. The summed E-state index contributed by atoms with van der Waals surface area (Å²) in [6, 6.07) is 3.22. The zero-order chi connectivity index (χ0) is 28.4. The molecule has 14 heteroatoms. The number of thioether (sulfide) groups is 1. The number of H-pyrrole nitrogens is 2. The number of hydrogen-bond donors (Lipinski definition) is 8. The van der Waals surface area contributed by atoms with Crippen LogP contribution in [-0.2, 0) is 32.0 Å². The number of aliphatic carboxylic acids is 1. The molecule has 2 heterocycles. The fraction of sp³-hybridized carbons (Fsp3) is 0.400. The summed E-state index contributed by atoms with van der Waals surface area (Å²) in [5.41, 5.74) is 7.95. The minimum absolute atomic E-state index is 0.0500. The van der Waals surface area contributed by atoms with Gasteiger partial charge in [0.05, 0.1) is 12.4 Å². The summed E-state index contributed by atoms with van der Waals surface area (Å²) in [5.74, 6) is -2.41. The number of benzene rings is 1. The molecule has 12 nitrogen and oxygen atoms in total. The number of nitrogens with zero attached hydrogens (tertiary/aromatic N) is 1. The molecule has 0 spiro atoms. The number of carboxylic acid groups (broad SMARTS) is 1. The molecule has 0 saturated carbocycles. The summed E-state index contributed by atoms with van der Waals surface area (Å²) in [6.45, 7) is 0. The van der Waals surface area contributed by atoms with Crippen molar-refractivity contribution >= 4 is 59.0 Å². The highest BCUT2D eigenvalue weighted by molar-refractivity contribution is 7.98. The summed E-state index contributed by atoms with van der Waals surface area (Å²) in [6.07, 6.45) is 6.91. The highest BCUT2D eigenvalue weighted by atomic mass is 32.2. The van der Waals surface area contributed by atoms with E-state index in [1.807, 2.05) is 30.5 Å². The van der Waals surface area contributed by atoms with E-state index in [0.717, 1.165) is 16.5 Å². The van der Waals surface area contributed by atoms with E-state index in [1.54, 1.807) is 6.20 Å². The van der Waals surface area contributed by atoms with Crippen LogP contribution in [0.15, 0.2) is 43.0 Å². The Labute approximate surface area is 235 Å². The minimum atomic E-state index is -1.22. The largest absolute Gasteiger partial charge is 0.480 e. The summed E-state index contributed by atoms with van der Waals surface area (Å²) < 4.78 is 0. The molecule has 39 heavy (non-hydrogen) atoms. The molecule has 0 radical (unpaired) electrons. The topological polar surface area (TPSA) is 195 Å². The Morgan fingerprint density at radius 1 is 1.03 bits per heavy atom. The molecule has 8 N–H and O–H groups in total. The maximum absolute atomic E-state index is 13.3. The van der Waals surface area contributed by atoms with Gasteiger partial charge >= 0.3 is 5.97 Å². The number of amides is 3. The fourth-order valence-electron chi connectivity index (χ4n) is 3.96. The quantitative estimate of drug-likeness (QED) is 0.118. The lowest BCUT2D eigenvalue weighted by Crippen LogP contribution is -2.58. The Kier molecular flexibility index (Phi) is 11.3. The molecule has 210 valence electrons. The number of carboxylic acids is 1. The van der Waals surface area contributed by atoms with Gasteiger partial charge in [-0.2, -0.15) is 24.4 Å². The van der Waals surface area contributed by atoms with Crippen molar-refractivity contribution < 1.29 is 24.3 Å². The Morgan fingerprint density at radius 3 is 2.38 bits per heavy atom. The number of thiol groups is 1. The van der Waals surface area contributed by atoms with Crippen molar-refractivity contribution in [3.05, 3.63) is 54.2 Å². The Hall–Kier alpha value is -3.49. The second-order valence-corrected chi connectivity index (χ2v) is 10.3. The molecule has 1 aromatic carbocycles. The Bertz CT molecular complexity index is 1270. The van der Waals surface area contributed by atoms with E-state index < -0.39 is 47.9 Å². The van der Waals surface area contributed by atoms with Crippen LogP contribution in [0.25, 0.3) is 10.9 Å². The smallest absolute Gasteiger partial charge is 0.326 e. The Morgan fingerprint density at radius 2 is 1.72 bits per heavy atom. The van der Waals surface area contributed by atoms with E-state index in [9.17, 15) is 24.3 Å². The summed E-state index contributed by atoms with van der Waals surface area (Å²) in [5, 5.41) is 18.6. The monoisotopic (exact) mass is 575 g/mol. The van der Waals surface area contributed by atoms with Gasteiger partial charge < -0.3 is 36.8 Å². The number of nitrogens with one attached hydrogen (secondary N) is 5. The minimum Gasteiger partial charge on any atom is -0.480 e. The summed E-state index contributed by atoms with van der Waals surface area (Å²) in [4.78, 5) is 61.0. The van der Waals surface area contributed by atoms with Crippen LogP contribution in [0, 0.1) is 0 Å². The number of hydrogen-bond acceptors (Lipinski definition) is 8. The molecule has 3 aromatic rings. The van der Waals surface area contributed by atoms with Gasteiger partial charge in [0.1, 0.15) is 18.1 Å². The molecule has 0 saturated heterocycles. The third kappa shape index (κ3) is 8.50. The molecule has 3 amide bonds.